The van der Waals surface area contributed by atoms with E-state index < -0.39 is 0 Å². The molecule has 3 aromatic rings. The van der Waals surface area contributed by atoms with Crippen LogP contribution in [-0.2, 0) is 17.8 Å². The molecule has 0 fully saturated rings. The maximum atomic E-state index is 12.1. The van der Waals surface area contributed by atoms with Gasteiger partial charge in [0.25, 0.3) is 0 Å². The second-order valence-electron chi connectivity index (χ2n) is 7.79. The molecular formula is C29H30O2. The van der Waals surface area contributed by atoms with Gasteiger partial charge in [-0.2, -0.15) is 0 Å². The highest BCUT2D eigenvalue weighted by Gasteiger charge is 2.00. The molecule has 0 aliphatic carbocycles. The van der Waals surface area contributed by atoms with Gasteiger partial charge in [0.2, 0.25) is 0 Å². The summed E-state index contributed by atoms with van der Waals surface area (Å²) in [6.07, 6.45) is 6.67. The quantitative estimate of drug-likeness (QED) is 0.190. The molecule has 0 spiro atoms. The van der Waals surface area contributed by atoms with E-state index in [-0.39, 0.29) is 5.78 Å². The van der Waals surface area contributed by atoms with Crippen LogP contribution in [0.1, 0.15) is 52.4 Å². The van der Waals surface area contributed by atoms with Crippen molar-refractivity contribution in [3.63, 3.8) is 0 Å². The molecule has 0 radical (unpaired) electrons. The predicted molar refractivity (Wildman–Crippen MR) is 130 cm³/mol. The third kappa shape index (κ3) is 7.51. The molecule has 0 heterocycles. The van der Waals surface area contributed by atoms with E-state index in [0.717, 1.165) is 37.0 Å². The highest BCUT2D eigenvalue weighted by Crippen LogP contribution is 2.14. The highest BCUT2D eigenvalue weighted by atomic mass is 16.5. The molecule has 0 aliphatic rings. The Kier molecular flexibility index (Phi) is 8.57. The molecule has 0 unspecified atom stereocenters. The molecule has 0 aliphatic heterocycles. The summed E-state index contributed by atoms with van der Waals surface area (Å²) >= 11 is 0. The summed E-state index contributed by atoms with van der Waals surface area (Å²) in [5.74, 6) is 0.0245. The Hall–Kier alpha value is -3.23. The van der Waals surface area contributed by atoms with Crippen LogP contribution in [0.2, 0.25) is 0 Å². The van der Waals surface area contributed by atoms with E-state index in [9.17, 15) is 4.79 Å². The van der Waals surface area contributed by atoms with Crippen LogP contribution < -0.4 is 0 Å². The molecule has 158 valence electrons. The van der Waals surface area contributed by atoms with Gasteiger partial charge in [-0.05, 0) is 54.5 Å². The number of hydrogen-bond donors (Lipinski definition) is 0. The van der Waals surface area contributed by atoms with Crippen molar-refractivity contribution in [2.24, 2.45) is 0 Å². The van der Waals surface area contributed by atoms with E-state index in [4.69, 9.17) is 4.74 Å². The molecule has 3 rings (SSSR count). The van der Waals surface area contributed by atoms with Gasteiger partial charge in [-0.1, -0.05) is 97.1 Å². The third-order valence-electron chi connectivity index (χ3n) is 5.18. The van der Waals surface area contributed by atoms with Gasteiger partial charge in [0.15, 0.2) is 5.78 Å². The summed E-state index contributed by atoms with van der Waals surface area (Å²) < 4.78 is 5.80. The smallest absolute Gasteiger partial charge is 0.185 e. The summed E-state index contributed by atoms with van der Waals surface area (Å²) in [5.41, 5.74) is 6.50. The fraction of sp³-hybridized carbons (Fsp3) is 0.207. The minimum atomic E-state index is 0.0245. The zero-order valence-electron chi connectivity index (χ0n) is 18.2. The second-order valence-corrected chi connectivity index (χ2v) is 7.79. The first kappa shape index (κ1) is 22.5. The van der Waals surface area contributed by atoms with Gasteiger partial charge in [-0.25, -0.2) is 0 Å². The lowest BCUT2D eigenvalue weighted by Crippen LogP contribution is -1.97. The Labute approximate surface area is 185 Å². The van der Waals surface area contributed by atoms with Crippen LogP contribution in [0.5, 0.6) is 0 Å². The van der Waals surface area contributed by atoms with Gasteiger partial charge < -0.3 is 4.74 Å². The van der Waals surface area contributed by atoms with E-state index in [1.54, 1.807) is 6.08 Å². The van der Waals surface area contributed by atoms with Gasteiger partial charge in [0.1, 0.15) is 0 Å². The van der Waals surface area contributed by atoms with Crippen LogP contribution in [0, 0.1) is 0 Å². The molecule has 0 aromatic heterocycles. The molecule has 2 heteroatoms. The van der Waals surface area contributed by atoms with E-state index in [1.807, 2.05) is 43.3 Å². The minimum Gasteiger partial charge on any atom is -0.377 e. The Morgan fingerprint density at radius 1 is 0.839 bits per heavy atom. The molecule has 0 atom stereocenters. The number of carbonyl (C=O) groups is 1. The van der Waals surface area contributed by atoms with Gasteiger partial charge in [0.05, 0.1) is 6.61 Å². The van der Waals surface area contributed by atoms with Crippen LogP contribution in [0.15, 0.2) is 91.5 Å². The lowest BCUT2D eigenvalue weighted by molar-refractivity contribution is 0.104. The van der Waals surface area contributed by atoms with Crippen molar-refractivity contribution >= 4 is 17.4 Å². The largest absolute Gasteiger partial charge is 0.377 e. The predicted octanol–water partition coefficient (Wildman–Crippen LogP) is 7.16. The number of allylic oxidation sites excluding steroid dienone is 2. The monoisotopic (exact) mass is 410 g/mol. The average Bonchev–Trinajstić information content (AvgIpc) is 2.81. The summed E-state index contributed by atoms with van der Waals surface area (Å²) in [5, 5.41) is 0. The Morgan fingerprint density at radius 3 is 2.19 bits per heavy atom. The van der Waals surface area contributed by atoms with Gasteiger partial charge in [-0.3, -0.25) is 4.79 Å². The minimum absolute atomic E-state index is 0.0245. The second kappa shape index (κ2) is 11.8. The van der Waals surface area contributed by atoms with Crippen molar-refractivity contribution in [3.8, 4) is 0 Å². The van der Waals surface area contributed by atoms with E-state index in [1.165, 1.54) is 16.7 Å². The fourth-order valence-electron chi connectivity index (χ4n) is 3.27. The molecule has 0 saturated carbocycles. The van der Waals surface area contributed by atoms with Crippen molar-refractivity contribution in [2.75, 3.05) is 6.61 Å². The topological polar surface area (TPSA) is 26.3 Å². The average molecular weight is 411 g/mol. The van der Waals surface area contributed by atoms with Crippen LogP contribution in [-0.4, -0.2) is 12.4 Å². The zero-order chi connectivity index (χ0) is 21.9. The molecule has 2 nitrogen and oxygen atoms in total. The molecule has 0 bridgehead atoms. The zero-order valence-corrected chi connectivity index (χ0v) is 18.2. The Balaban J connectivity index is 1.34. The van der Waals surface area contributed by atoms with Crippen molar-refractivity contribution in [2.45, 2.75) is 32.8 Å². The maximum absolute atomic E-state index is 12.1. The lowest BCUT2D eigenvalue weighted by atomic mass is 10.0. The third-order valence-corrected chi connectivity index (χ3v) is 5.18. The Morgan fingerprint density at radius 2 is 1.52 bits per heavy atom. The van der Waals surface area contributed by atoms with Crippen LogP contribution in [0.3, 0.4) is 0 Å². The lowest BCUT2D eigenvalue weighted by Gasteiger charge is -2.06. The van der Waals surface area contributed by atoms with E-state index in [2.05, 4.69) is 55.1 Å². The van der Waals surface area contributed by atoms with Crippen LogP contribution in [0.4, 0.5) is 0 Å². The molecule has 0 saturated heterocycles. The summed E-state index contributed by atoms with van der Waals surface area (Å²) in [6, 6.07) is 26.1. The Bertz CT molecular complexity index is 997. The molecule has 3 aromatic carbocycles. The van der Waals surface area contributed by atoms with Gasteiger partial charge in [-0.15, -0.1) is 0 Å². The highest BCUT2D eigenvalue weighted by molar-refractivity contribution is 6.06. The standard InChI is InChI=1S/C29H30O2/c1-23(2)27-18-15-26(16-19-27)22-31-21-7-6-8-24-11-13-25(14-12-24)17-20-29(30)28-9-4-3-5-10-28/h3-5,9-20H,1,6-8,21-22H2,2H3/b20-17+. The van der Waals surface area contributed by atoms with Crippen LogP contribution >= 0.6 is 0 Å². The normalized spacial score (nSPS) is 11.0. The number of aryl methyl sites for hydroxylation is 1. The van der Waals surface area contributed by atoms with E-state index in [0.29, 0.717) is 12.2 Å². The van der Waals surface area contributed by atoms with Crippen LogP contribution in [0.25, 0.3) is 11.6 Å². The van der Waals surface area contributed by atoms with Crippen molar-refractivity contribution in [3.05, 3.63) is 119 Å². The molecule has 0 amide bonds. The molecule has 0 N–H and O–H groups in total. The number of ketones is 1. The van der Waals surface area contributed by atoms with E-state index >= 15 is 0 Å². The first-order valence-electron chi connectivity index (χ1n) is 10.8. The maximum Gasteiger partial charge on any atom is 0.185 e. The van der Waals surface area contributed by atoms with Crippen molar-refractivity contribution in [1.82, 2.24) is 0 Å². The first-order valence-corrected chi connectivity index (χ1v) is 10.8. The van der Waals surface area contributed by atoms with Gasteiger partial charge in [0, 0.05) is 12.2 Å². The van der Waals surface area contributed by atoms with Crippen molar-refractivity contribution in [1.29, 1.82) is 0 Å². The SMILES string of the molecule is C=C(C)c1ccc(COCCCCc2ccc(/C=C/C(=O)c3ccccc3)cc2)cc1. The fourth-order valence-corrected chi connectivity index (χ4v) is 3.27. The summed E-state index contributed by atoms with van der Waals surface area (Å²) in [6.45, 7) is 7.40. The number of benzene rings is 3. The number of ether oxygens (including phenoxy) is 1. The molecule has 31 heavy (non-hydrogen) atoms. The first-order chi connectivity index (χ1) is 15.1. The molecular weight excluding hydrogens is 380 g/mol. The van der Waals surface area contributed by atoms with Crippen molar-refractivity contribution < 1.29 is 9.53 Å². The number of unbranched alkanes of at least 4 members (excludes halogenated alkanes) is 1. The number of carbonyl (C=O) groups excluding carboxylic acids is 1. The summed E-state index contributed by atoms with van der Waals surface area (Å²) in [4.78, 5) is 12.1. The number of rotatable bonds is 11. The summed E-state index contributed by atoms with van der Waals surface area (Å²) in [7, 11) is 0. The number of hydrogen-bond acceptors (Lipinski definition) is 2. The van der Waals surface area contributed by atoms with Gasteiger partial charge >= 0.3 is 0 Å².